The second-order valence-corrected chi connectivity index (χ2v) is 2.99. The molecule has 72 valence electrons. The van der Waals surface area contributed by atoms with Gasteiger partial charge in [0.15, 0.2) is 5.76 Å². The Kier molecular flexibility index (Phi) is 3.08. The Hall–Kier alpha value is -1.29. The van der Waals surface area contributed by atoms with Crippen molar-refractivity contribution in [3.05, 3.63) is 23.7 Å². The zero-order valence-electron chi connectivity index (χ0n) is 7.70. The molecule has 0 radical (unpaired) electrons. The summed E-state index contributed by atoms with van der Waals surface area (Å²) in [6.07, 6.45) is 0.923. The summed E-state index contributed by atoms with van der Waals surface area (Å²) in [5, 5.41) is 11.5. The van der Waals surface area contributed by atoms with Crippen LogP contribution >= 0.6 is 0 Å². The first-order valence-corrected chi connectivity index (χ1v) is 4.11. The minimum Gasteiger partial charge on any atom is -0.459 e. The molecule has 2 N–H and O–H groups in total. The Bertz CT molecular complexity index is 291. The molecule has 0 spiro atoms. The highest BCUT2D eigenvalue weighted by atomic mass is 16.3. The molecule has 0 aliphatic carbocycles. The molecular weight excluding hydrogens is 170 g/mol. The van der Waals surface area contributed by atoms with Gasteiger partial charge in [0.05, 0.1) is 12.4 Å². The van der Waals surface area contributed by atoms with E-state index >= 15 is 0 Å². The van der Waals surface area contributed by atoms with Crippen molar-refractivity contribution in [2.24, 2.45) is 0 Å². The van der Waals surface area contributed by atoms with E-state index in [0.29, 0.717) is 5.76 Å². The molecule has 1 unspecified atom stereocenters. The molecule has 0 bridgehead atoms. The van der Waals surface area contributed by atoms with E-state index in [9.17, 15) is 4.79 Å². The van der Waals surface area contributed by atoms with Crippen LogP contribution in [0.5, 0.6) is 0 Å². The van der Waals surface area contributed by atoms with Crippen LogP contribution in [-0.4, -0.2) is 23.7 Å². The van der Waals surface area contributed by atoms with Gasteiger partial charge in [0.2, 0.25) is 0 Å². The van der Waals surface area contributed by atoms with Gasteiger partial charge in [0.25, 0.3) is 5.91 Å². The molecule has 4 heteroatoms. The summed E-state index contributed by atoms with van der Waals surface area (Å²) in [5.74, 6) is 0.0176. The van der Waals surface area contributed by atoms with Crippen molar-refractivity contribution < 1.29 is 14.3 Å². The third-order valence-electron chi connectivity index (χ3n) is 1.63. The lowest BCUT2D eigenvalue weighted by atomic mass is 10.2. The number of carbonyl (C=O) groups is 1. The zero-order valence-corrected chi connectivity index (χ0v) is 7.70. The number of amides is 1. The first kappa shape index (κ1) is 9.80. The summed E-state index contributed by atoms with van der Waals surface area (Å²) in [7, 11) is 0. The molecule has 1 aromatic heterocycles. The van der Waals surface area contributed by atoms with Crippen LogP contribution in [0.1, 0.15) is 23.0 Å². The predicted octanol–water partition coefficient (Wildman–Crippen LogP) is 0.699. The number of nitrogens with one attached hydrogen (secondary N) is 1. The SMILES string of the molecule is Cc1ccoc1C(=O)NCC(C)O. The number of hydrogen-bond donors (Lipinski definition) is 2. The van der Waals surface area contributed by atoms with Crippen molar-refractivity contribution in [1.82, 2.24) is 5.32 Å². The molecule has 1 amide bonds. The minimum absolute atomic E-state index is 0.235. The normalized spacial score (nSPS) is 12.5. The lowest BCUT2D eigenvalue weighted by Crippen LogP contribution is -2.30. The first-order chi connectivity index (χ1) is 6.11. The van der Waals surface area contributed by atoms with Crippen molar-refractivity contribution in [2.75, 3.05) is 6.54 Å². The van der Waals surface area contributed by atoms with Crippen molar-refractivity contribution in [3.63, 3.8) is 0 Å². The van der Waals surface area contributed by atoms with E-state index in [0.717, 1.165) is 5.56 Å². The van der Waals surface area contributed by atoms with Crippen molar-refractivity contribution in [3.8, 4) is 0 Å². The molecule has 0 aliphatic rings. The molecule has 1 aromatic rings. The topological polar surface area (TPSA) is 62.5 Å². The molecule has 1 heterocycles. The van der Waals surface area contributed by atoms with Crippen LogP contribution in [0.25, 0.3) is 0 Å². The average Bonchev–Trinajstić information content (AvgIpc) is 2.47. The highest BCUT2D eigenvalue weighted by molar-refractivity contribution is 5.92. The van der Waals surface area contributed by atoms with Crippen LogP contribution in [0.2, 0.25) is 0 Å². The molecule has 1 atom stereocenters. The third kappa shape index (κ3) is 2.59. The Labute approximate surface area is 76.6 Å². The summed E-state index contributed by atoms with van der Waals surface area (Å²) >= 11 is 0. The van der Waals surface area contributed by atoms with Crippen molar-refractivity contribution >= 4 is 5.91 Å². The summed E-state index contributed by atoms with van der Waals surface area (Å²) < 4.78 is 4.96. The Morgan fingerprint density at radius 3 is 2.92 bits per heavy atom. The number of hydrogen-bond acceptors (Lipinski definition) is 3. The first-order valence-electron chi connectivity index (χ1n) is 4.11. The number of aliphatic hydroxyl groups is 1. The van der Waals surface area contributed by atoms with Gasteiger partial charge < -0.3 is 14.8 Å². The number of aryl methyl sites for hydroxylation is 1. The van der Waals surface area contributed by atoms with Gasteiger partial charge in [-0.2, -0.15) is 0 Å². The lowest BCUT2D eigenvalue weighted by Gasteiger charge is -2.05. The second kappa shape index (κ2) is 4.09. The number of furan rings is 1. The largest absolute Gasteiger partial charge is 0.459 e. The number of carbonyl (C=O) groups excluding carboxylic acids is 1. The zero-order chi connectivity index (χ0) is 9.84. The Morgan fingerprint density at radius 2 is 2.46 bits per heavy atom. The van der Waals surface area contributed by atoms with E-state index in [1.807, 2.05) is 0 Å². The maximum Gasteiger partial charge on any atom is 0.287 e. The molecule has 0 fully saturated rings. The molecule has 0 saturated carbocycles. The smallest absolute Gasteiger partial charge is 0.287 e. The number of aliphatic hydroxyl groups excluding tert-OH is 1. The van der Waals surface area contributed by atoms with E-state index in [1.54, 1.807) is 19.9 Å². The average molecular weight is 183 g/mol. The molecule has 1 rings (SSSR count). The van der Waals surface area contributed by atoms with Crippen LogP contribution in [0.3, 0.4) is 0 Å². The van der Waals surface area contributed by atoms with Gasteiger partial charge in [-0.05, 0) is 19.9 Å². The fraction of sp³-hybridized carbons (Fsp3) is 0.444. The van der Waals surface area contributed by atoms with E-state index in [4.69, 9.17) is 9.52 Å². The molecular formula is C9H13NO3. The summed E-state index contributed by atoms with van der Waals surface area (Å²) in [6.45, 7) is 3.63. The highest BCUT2D eigenvalue weighted by Crippen LogP contribution is 2.07. The standard InChI is InChI=1S/C9H13NO3/c1-6-3-4-13-8(6)9(12)10-5-7(2)11/h3-4,7,11H,5H2,1-2H3,(H,10,12). The Morgan fingerprint density at radius 1 is 1.77 bits per heavy atom. The maximum absolute atomic E-state index is 11.3. The van der Waals surface area contributed by atoms with Gasteiger partial charge in [-0.3, -0.25) is 4.79 Å². The van der Waals surface area contributed by atoms with Crippen LogP contribution < -0.4 is 5.32 Å². The van der Waals surface area contributed by atoms with Gasteiger partial charge in [-0.25, -0.2) is 0 Å². The fourth-order valence-electron chi connectivity index (χ4n) is 0.926. The summed E-state index contributed by atoms with van der Waals surface area (Å²) in [4.78, 5) is 11.3. The predicted molar refractivity (Wildman–Crippen MR) is 47.5 cm³/mol. The fourth-order valence-corrected chi connectivity index (χ4v) is 0.926. The quantitative estimate of drug-likeness (QED) is 0.725. The van der Waals surface area contributed by atoms with Gasteiger partial charge in [0, 0.05) is 12.1 Å². The van der Waals surface area contributed by atoms with E-state index < -0.39 is 6.10 Å². The Balaban J connectivity index is 2.54. The highest BCUT2D eigenvalue weighted by Gasteiger charge is 2.11. The van der Waals surface area contributed by atoms with Crippen LogP contribution in [0.4, 0.5) is 0 Å². The van der Waals surface area contributed by atoms with Crippen molar-refractivity contribution in [2.45, 2.75) is 20.0 Å². The monoisotopic (exact) mass is 183 g/mol. The van der Waals surface area contributed by atoms with E-state index in [2.05, 4.69) is 5.32 Å². The summed E-state index contributed by atoms with van der Waals surface area (Å²) in [5.41, 5.74) is 0.795. The molecule has 4 nitrogen and oxygen atoms in total. The van der Waals surface area contributed by atoms with Gasteiger partial charge >= 0.3 is 0 Å². The second-order valence-electron chi connectivity index (χ2n) is 2.99. The van der Waals surface area contributed by atoms with E-state index in [1.165, 1.54) is 6.26 Å². The van der Waals surface area contributed by atoms with Crippen LogP contribution in [-0.2, 0) is 0 Å². The van der Waals surface area contributed by atoms with E-state index in [-0.39, 0.29) is 12.5 Å². The third-order valence-corrected chi connectivity index (χ3v) is 1.63. The summed E-state index contributed by atoms with van der Waals surface area (Å²) in [6, 6.07) is 1.72. The van der Waals surface area contributed by atoms with Crippen molar-refractivity contribution in [1.29, 1.82) is 0 Å². The lowest BCUT2D eigenvalue weighted by molar-refractivity contribution is 0.0895. The minimum atomic E-state index is -0.542. The van der Waals surface area contributed by atoms with Gasteiger partial charge in [-0.1, -0.05) is 0 Å². The molecule has 0 aromatic carbocycles. The molecule has 13 heavy (non-hydrogen) atoms. The molecule has 0 aliphatic heterocycles. The van der Waals surface area contributed by atoms with Crippen LogP contribution in [0.15, 0.2) is 16.7 Å². The maximum atomic E-state index is 11.3. The van der Waals surface area contributed by atoms with Crippen LogP contribution in [0, 0.1) is 6.92 Å². The van der Waals surface area contributed by atoms with Gasteiger partial charge in [0.1, 0.15) is 0 Å². The molecule has 0 saturated heterocycles. The number of rotatable bonds is 3. The van der Waals surface area contributed by atoms with Gasteiger partial charge in [-0.15, -0.1) is 0 Å².